The number of amides is 1. The molecule has 23 heavy (non-hydrogen) atoms. The molecule has 2 aromatic rings. The lowest BCUT2D eigenvalue weighted by Gasteiger charge is -2.27. The summed E-state index contributed by atoms with van der Waals surface area (Å²) in [5, 5.41) is 0. The van der Waals surface area contributed by atoms with Gasteiger partial charge in [0.15, 0.2) is 12.1 Å². The van der Waals surface area contributed by atoms with Crippen LogP contribution in [0.2, 0.25) is 0 Å². The van der Waals surface area contributed by atoms with Crippen LogP contribution in [-0.2, 0) is 19.3 Å². The van der Waals surface area contributed by atoms with Crippen LogP contribution in [0, 0.1) is 0 Å². The van der Waals surface area contributed by atoms with Crippen molar-refractivity contribution in [1.82, 2.24) is 19.9 Å². The molecule has 2 unspecified atom stereocenters. The highest BCUT2D eigenvalue weighted by molar-refractivity contribution is 5.92. The Labute approximate surface area is 132 Å². The molecular weight excluding hydrogens is 296 g/mol. The number of rotatable bonds is 2. The van der Waals surface area contributed by atoms with Gasteiger partial charge in [-0.3, -0.25) is 9.59 Å². The van der Waals surface area contributed by atoms with E-state index in [1.165, 1.54) is 12.7 Å². The molecule has 0 saturated carbocycles. The summed E-state index contributed by atoms with van der Waals surface area (Å²) in [5.41, 5.74) is 1.83. The Kier molecular flexibility index (Phi) is 3.28. The number of fused-ring (bicyclic) bond motifs is 3. The van der Waals surface area contributed by atoms with Gasteiger partial charge in [-0.1, -0.05) is 6.92 Å². The van der Waals surface area contributed by atoms with E-state index in [0.29, 0.717) is 30.8 Å². The molecule has 1 saturated heterocycles. The van der Waals surface area contributed by atoms with Crippen molar-refractivity contribution >= 4 is 5.91 Å². The van der Waals surface area contributed by atoms with Crippen LogP contribution in [-0.4, -0.2) is 37.8 Å². The summed E-state index contributed by atoms with van der Waals surface area (Å²) in [6.45, 7) is 1.97. The van der Waals surface area contributed by atoms with Crippen molar-refractivity contribution in [3.05, 3.63) is 45.8 Å². The molecule has 4 heterocycles. The van der Waals surface area contributed by atoms with Crippen LogP contribution in [0.3, 0.4) is 0 Å². The van der Waals surface area contributed by atoms with Gasteiger partial charge in [0.05, 0.1) is 5.69 Å². The number of aryl methyl sites for hydroxylation is 1. The van der Waals surface area contributed by atoms with Crippen molar-refractivity contribution in [2.75, 3.05) is 0 Å². The molecule has 7 heteroatoms. The highest BCUT2D eigenvalue weighted by atomic mass is 16.3. The van der Waals surface area contributed by atoms with E-state index < -0.39 is 0 Å². The molecule has 1 N–H and O–H groups in total. The van der Waals surface area contributed by atoms with Crippen LogP contribution in [0.4, 0.5) is 0 Å². The molecule has 2 bridgehead atoms. The zero-order chi connectivity index (χ0) is 16.0. The SMILES string of the molecule is CCc1nc2c(c(=O)[nH]1)CC1CCC(C2)N1C(=O)c1cocn1. The maximum atomic E-state index is 12.7. The molecular formula is C16H18N4O3. The topological polar surface area (TPSA) is 92.1 Å². The lowest BCUT2D eigenvalue weighted by Crippen LogP contribution is -2.42. The number of H-pyrrole nitrogens is 1. The van der Waals surface area contributed by atoms with E-state index in [1.807, 2.05) is 11.8 Å². The smallest absolute Gasteiger partial charge is 0.276 e. The molecule has 2 aliphatic heterocycles. The van der Waals surface area contributed by atoms with Crippen molar-refractivity contribution in [2.45, 2.75) is 51.1 Å². The molecule has 2 atom stereocenters. The number of carbonyl (C=O) groups excluding carboxylic acids is 1. The average molecular weight is 314 g/mol. The summed E-state index contributed by atoms with van der Waals surface area (Å²) in [6.07, 6.45) is 6.36. The van der Waals surface area contributed by atoms with Crippen LogP contribution in [0.25, 0.3) is 0 Å². The molecule has 1 fully saturated rings. The monoisotopic (exact) mass is 314 g/mol. The number of aromatic nitrogens is 3. The highest BCUT2D eigenvalue weighted by Gasteiger charge is 2.41. The molecule has 2 aliphatic rings. The van der Waals surface area contributed by atoms with E-state index in [4.69, 9.17) is 4.42 Å². The second-order valence-corrected chi connectivity index (χ2v) is 6.17. The fraction of sp³-hybridized carbons (Fsp3) is 0.500. The molecule has 4 rings (SSSR count). The summed E-state index contributed by atoms with van der Waals surface area (Å²) in [4.78, 5) is 38.4. The summed E-state index contributed by atoms with van der Waals surface area (Å²) >= 11 is 0. The van der Waals surface area contributed by atoms with Crippen molar-refractivity contribution in [1.29, 1.82) is 0 Å². The summed E-state index contributed by atoms with van der Waals surface area (Å²) < 4.78 is 4.93. The highest BCUT2D eigenvalue weighted by Crippen LogP contribution is 2.33. The van der Waals surface area contributed by atoms with Gasteiger partial charge in [-0.25, -0.2) is 9.97 Å². The molecule has 0 radical (unpaired) electrons. The fourth-order valence-corrected chi connectivity index (χ4v) is 3.75. The van der Waals surface area contributed by atoms with Gasteiger partial charge in [-0.2, -0.15) is 0 Å². The molecule has 1 amide bonds. The van der Waals surface area contributed by atoms with Crippen LogP contribution in [0.1, 0.15) is 47.3 Å². The maximum absolute atomic E-state index is 12.7. The summed E-state index contributed by atoms with van der Waals surface area (Å²) in [6, 6.07) is 0.102. The van der Waals surface area contributed by atoms with Crippen molar-refractivity contribution in [2.24, 2.45) is 0 Å². The van der Waals surface area contributed by atoms with Crippen LogP contribution in [0.5, 0.6) is 0 Å². The van der Waals surface area contributed by atoms with Crippen LogP contribution >= 0.6 is 0 Å². The third kappa shape index (κ3) is 2.27. The normalized spacial score (nSPS) is 22.7. The van der Waals surface area contributed by atoms with Crippen molar-refractivity contribution in [3.8, 4) is 0 Å². The first kappa shape index (κ1) is 14.2. The number of hydrogen-bond donors (Lipinski definition) is 1. The van der Waals surface area contributed by atoms with Crippen molar-refractivity contribution in [3.63, 3.8) is 0 Å². The number of carbonyl (C=O) groups is 1. The summed E-state index contributed by atoms with van der Waals surface area (Å²) in [7, 11) is 0. The second kappa shape index (κ2) is 5.33. The van der Waals surface area contributed by atoms with Crippen LogP contribution < -0.4 is 5.56 Å². The Morgan fingerprint density at radius 2 is 2.17 bits per heavy atom. The lowest BCUT2D eigenvalue weighted by molar-refractivity contribution is 0.0667. The first-order valence-corrected chi connectivity index (χ1v) is 7.99. The van der Waals surface area contributed by atoms with Gasteiger partial charge in [-0.05, 0) is 12.8 Å². The third-order valence-corrected chi connectivity index (χ3v) is 4.86. The molecule has 0 aromatic carbocycles. The van der Waals surface area contributed by atoms with E-state index in [0.717, 1.165) is 24.1 Å². The quantitative estimate of drug-likeness (QED) is 0.896. The fourth-order valence-electron chi connectivity index (χ4n) is 3.75. The van der Waals surface area contributed by atoms with Gasteiger partial charge in [0.25, 0.3) is 11.5 Å². The molecule has 0 spiro atoms. The second-order valence-electron chi connectivity index (χ2n) is 6.17. The Morgan fingerprint density at radius 1 is 1.39 bits per heavy atom. The largest absolute Gasteiger partial charge is 0.451 e. The number of nitrogens with zero attached hydrogens (tertiary/aromatic N) is 3. The van der Waals surface area contributed by atoms with E-state index in [2.05, 4.69) is 15.0 Å². The Morgan fingerprint density at radius 3 is 2.87 bits per heavy atom. The van der Waals surface area contributed by atoms with Crippen molar-refractivity contribution < 1.29 is 9.21 Å². The van der Waals surface area contributed by atoms with Gasteiger partial charge < -0.3 is 14.3 Å². The van der Waals surface area contributed by atoms with Gasteiger partial charge in [0.1, 0.15) is 12.1 Å². The minimum absolute atomic E-state index is 0.0285. The molecule has 120 valence electrons. The Hall–Kier alpha value is -2.44. The molecule has 7 nitrogen and oxygen atoms in total. The predicted octanol–water partition coefficient (Wildman–Crippen LogP) is 1.09. The van der Waals surface area contributed by atoms with Gasteiger partial charge in [-0.15, -0.1) is 0 Å². The molecule has 0 aliphatic carbocycles. The Balaban J connectivity index is 1.72. The van der Waals surface area contributed by atoms with E-state index in [1.54, 1.807) is 0 Å². The van der Waals surface area contributed by atoms with E-state index in [-0.39, 0.29) is 23.6 Å². The first-order valence-electron chi connectivity index (χ1n) is 7.99. The number of aromatic amines is 1. The van der Waals surface area contributed by atoms with Gasteiger partial charge >= 0.3 is 0 Å². The third-order valence-electron chi connectivity index (χ3n) is 4.86. The number of nitrogens with one attached hydrogen (secondary N) is 1. The van der Waals surface area contributed by atoms with E-state index >= 15 is 0 Å². The van der Waals surface area contributed by atoms with Crippen LogP contribution in [0.15, 0.2) is 21.9 Å². The first-order chi connectivity index (χ1) is 11.2. The van der Waals surface area contributed by atoms with Gasteiger partial charge in [0, 0.05) is 36.9 Å². The zero-order valence-corrected chi connectivity index (χ0v) is 12.9. The maximum Gasteiger partial charge on any atom is 0.276 e. The summed E-state index contributed by atoms with van der Waals surface area (Å²) in [5.74, 6) is 0.590. The zero-order valence-electron chi connectivity index (χ0n) is 12.9. The standard InChI is InChI=1S/C16H18N4O3/c1-2-14-18-12-6-10-4-3-9(5-11(12)15(21)19-14)20(10)16(22)13-7-23-8-17-13/h7-10H,2-6H2,1H3,(H,18,19,21). The Bertz CT molecular complexity index is 796. The minimum Gasteiger partial charge on any atom is -0.451 e. The lowest BCUT2D eigenvalue weighted by atomic mass is 9.98. The molecule has 2 aromatic heterocycles. The van der Waals surface area contributed by atoms with E-state index in [9.17, 15) is 9.59 Å². The number of hydrogen-bond acceptors (Lipinski definition) is 5. The minimum atomic E-state index is -0.119. The predicted molar refractivity (Wildman–Crippen MR) is 81.1 cm³/mol. The van der Waals surface area contributed by atoms with Gasteiger partial charge in [0.2, 0.25) is 0 Å². The average Bonchev–Trinajstić information content (AvgIpc) is 3.15. The number of oxazole rings is 1.